The molecule has 2 aromatic rings. The van der Waals surface area contributed by atoms with Crippen LogP contribution in [0, 0.1) is 3.70 Å². The fourth-order valence-corrected chi connectivity index (χ4v) is 3.02. The molecule has 2 rings (SSSR count). The lowest BCUT2D eigenvalue weighted by atomic mass is 10.2. The van der Waals surface area contributed by atoms with Crippen LogP contribution in [0.15, 0.2) is 35.1 Å². The van der Waals surface area contributed by atoms with Gasteiger partial charge in [0.15, 0.2) is 0 Å². The van der Waals surface area contributed by atoms with Gasteiger partial charge >= 0.3 is 0 Å². The molecule has 104 valence electrons. The molecule has 1 unspecified atom stereocenters. The van der Waals surface area contributed by atoms with E-state index in [0.29, 0.717) is 20.0 Å². The maximum Gasteiger partial charge on any atom is 0.254 e. The highest BCUT2D eigenvalue weighted by Crippen LogP contribution is 2.24. The first kappa shape index (κ1) is 15.7. The van der Waals surface area contributed by atoms with Crippen molar-refractivity contribution in [3.63, 3.8) is 0 Å². The molecule has 0 fully saturated rings. The van der Waals surface area contributed by atoms with Crippen molar-refractivity contribution in [3.8, 4) is 0 Å². The summed E-state index contributed by atoms with van der Waals surface area (Å²) in [6.45, 7) is 1.84. The number of hydrogen-bond donors (Lipinski definition) is 1. The SMILES string of the molecule is CC(NC(=O)c1cccnc1I)c1ncc(Br)cc1Cl. The van der Waals surface area contributed by atoms with Gasteiger partial charge in [-0.15, -0.1) is 0 Å². The van der Waals surface area contributed by atoms with Crippen LogP contribution < -0.4 is 5.32 Å². The Labute approximate surface area is 143 Å². The van der Waals surface area contributed by atoms with Crippen LogP contribution in [0.3, 0.4) is 0 Å². The smallest absolute Gasteiger partial charge is 0.254 e. The van der Waals surface area contributed by atoms with Crippen LogP contribution in [0.5, 0.6) is 0 Å². The predicted molar refractivity (Wildman–Crippen MR) is 89.8 cm³/mol. The van der Waals surface area contributed by atoms with Gasteiger partial charge in [-0.1, -0.05) is 11.6 Å². The van der Waals surface area contributed by atoms with Crippen molar-refractivity contribution in [2.45, 2.75) is 13.0 Å². The molecule has 4 nitrogen and oxygen atoms in total. The molecule has 0 aromatic carbocycles. The van der Waals surface area contributed by atoms with Gasteiger partial charge in [0.05, 0.1) is 22.3 Å². The van der Waals surface area contributed by atoms with E-state index in [1.54, 1.807) is 30.6 Å². The maximum atomic E-state index is 12.2. The average molecular weight is 467 g/mol. The van der Waals surface area contributed by atoms with Crippen molar-refractivity contribution in [2.75, 3.05) is 0 Å². The summed E-state index contributed by atoms with van der Waals surface area (Å²) in [5.41, 5.74) is 1.16. The standard InChI is InChI=1S/C13H10BrClIN3O/c1-7(11-10(15)5-8(14)6-18-11)19-13(20)9-3-2-4-17-12(9)16/h2-7H,1H3,(H,19,20). The van der Waals surface area contributed by atoms with E-state index < -0.39 is 0 Å². The molecule has 0 aliphatic rings. The van der Waals surface area contributed by atoms with Gasteiger partial charge in [0.25, 0.3) is 5.91 Å². The largest absolute Gasteiger partial charge is 0.344 e. The summed E-state index contributed by atoms with van der Waals surface area (Å²) in [4.78, 5) is 20.5. The topological polar surface area (TPSA) is 54.9 Å². The number of nitrogens with zero attached hydrogens (tertiary/aromatic N) is 2. The summed E-state index contributed by atoms with van der Waals surface area (Å²) in [6.07, 6.45) is 3.30. The van der Waals surface area contributed by atoms with E-state index in [4.69, 9.17) is 11.6 Å². The fraction of sp³-hybridized carbons (Fsp3) is 0.154. The average Bonchev–Trinajstić information content (AvgIpc) is 2.38. The predicted octanol–water partition coefficient (Wildman–Crippen LogP) is 3.99. The summed E-state index contributed by atoms with van der Waals surface area (Å²) < 4.78 is 1.45. The van der Waals surface area contributed by atoms with Crippen molar-refractivity contribution in [1.29, 1.82) is 0 Å². The quantitative estimate of drug-likeness (QED) is 0.550. The van der Waals surface area contributed by atoms with Gasteiger partial charge in [0.1, 0.15) is 3.70 Å². The van der Waals surface area contributed by atoms with Crippen molar-refractivity contribution in [1.82, 2.24) is 15.3 Å². The first-order valence-corrected chi connectivity index (χ1v) is 7.96. The van der Waals surface area contributed by atoms with Gasteiger partial charge in [-0.2, -0.15) is 0 Å². The molecule has 0 radical (unpaired) electrons. The summed E-state index contributed by atoms with van der Waals surface area (Å²) in [5.74, 6) is -0.198. The third kappa shape index (κ3) is 3.67. The summed E-state index contributed by atoms with van der Waals surface area (Å²) in [6, 6.07) is 4.92. The van der Waals surface area contributed by atoms with Gasteiger partial charge in [-0.3, -0.25) is 9.78 Å². The number of aromatic nitrogens is 2. The van der Waals surface area contributed by atoms with E-state index in [1.807, 2.05) is 29.5 Å². The molecule has 20 heavy (non-hydrogen) atoms. The van der Waals surface area contributed by atoms with Gasteiger partial charge in [-0.05, 0) is 63.6 Å². The van der Waals surface area contributed by atoms with E-state index in [0.717, 1.165) is 4.47 Å². The second-order valence-corrected chi connectivity index (χ2v) is 6.40. The van der Waals surface area contributed by atoms with Crippen molar-refractivity contribution >= 4 is 56.0 Å². The summed E-state index contributed by atoms with van der Waals surface area (Å²) >= 11 is 11.5. The highest BCUT2D eigenvalue weighted by Gasteiger charge is 2.17. The normalized spacial score (nSPS) is 12.0. The van der Waals surface area contributed by atoms with E-state index in [1.165, 1.54) is 0 Å². The summed E-state index contributed by atoms with van der Waals surface area (Å²) in [7, 11) is 0. The Kier molecular flexibility index (Phi) is 5.34. The van der Waals surface area contributed by atoms with E-state index in [2.05, 4.69) is 31.2 Å². The highest BCUT2D eigenvalue weighted by molar-refractivity contribution is 14.1. The second-order valence-electron chi connectivity index (χ2n) is 4.06. The Hall–Kier alpha value is -0.730. The highest BCUT2D eigenvalue weighted by atomic mass is 127. The first-order chi connectivity index (χ1) is 9.49. The lowest BCUT2D eigenvalue weighted by Crippen LogP contribution is -2.28. The number of rotatable bonds is 3. The number of carbonyl (C=O) groups excluding carboxylic acids is 1. The van der Waals surface area contributed by atoms with Gasteiger partial charge < -0.3 is 5.32 Å². The van der Waals surface area contributed by atoms with Crippen LogP contribution in [0.25, 0.3) is 0 Å². The molecule has 2 heterocycles. The van der Waals surface area contributed by atoms with Crippen molar-refractivity contribution in [2.24, 2.45) is 0 Å². The van der Waals surface area contributed by atoms with E-state index >= 15 is 0 Å². The Balaban J connectivity index is 2.17. The molecule has 1 atom stereocenters. The second kappa shape index (κ2) is 6.82. The van der Waals surface area contributed by atoms with Crippen molar-refractivity contribution in [3.05, 3.63) is 55.0 Å². The molecular formula is C13H10BrClIN3O. The Morgan fingerprint density at radius 2 is 2.25 bits per heavy atom. The van der Waals surface area contributed by atoms with Gasteiger partial charge in [0.2, 0.25) is 0 Å². The zero-order valence-corrected chi connectivity index (χ0v) is 14.9. The Bertz CT molecular complexity index is 653. The monoisotopic (exact) mass is 465 g/mol. The molecule has 7 heteroatoms. The number of halogens is 3. The molecule has 1 N–H and O–H groups in total. The number of pyridine rings is 2. The number of nitrogens with one attached hydrogen (secondary N) is 1. The lowest BCUT2D eigenvalue weighted by molar-refractivity contribution is 0.0938. The molecule has 0 bridgehead atoms. The van der Waals surface area contributed by atoms with Crippen LogP contribution in [0.2, 0.25) is 5.02 Å². The van der Waals surface area contributed by atoms with Crippen LogP contribution >= 0.6 is 50.1 Å². The van der Waals surface area contributed by atoms with Crippen LogP contribution in [-0.4, -0.2) is 15.9 Å². The Morgan fingerprint density at radius 1 is 1.50 bits per heavy atom. The van der Waals surface area contributed by atoms with Crippen LogP contribution in [-0.2, 0) is 0 Å². The molecule has 0 spiro atoms. The van der Waals surface area contributed by atoms with E-state index in [-0.39, 0.29) is 11.9 Å². The molecule has 0 saturated heterocycles. The fourth-order valence-electron chi connectivity index (χ4n) is 1.64. The van der Waals surface area contributed by atoms with Crippen LogP contribution in [0.1, 0.15) is 29.0 Å². The first-order valence-electron chi connectivity index (χ1n) is 5.71. The zero-order valence-electron chi connectivity index (χ0n) is 10.4. The Morgan fingerprint density at radius 3 is 2.90 bits per heavy atom. The minimum atomic E-state index is -0.292. The molecule has 0 aliphatic carbocycles. The minimum Gasteiger partial charge on any atom is -0.344 e. The number of carbonyl (C=O) groups is 1. The summed E-state index contributed by atoms with van der Waals surface area (Å²) in [5, 5.41) is 3.38. The zero-order chi connectivity index (χ0) is 14.7. The van der Waals surface area contributed by atoms with Crippen molar-refractivity contribution < 1.29 is 4.79 Å². The molecule has 1 amide bonds. The minimum absolute atomic E-state index is 0.198. The van der Waals surface area contributed by atoms with Crippen LogP contribution in [0.4, 0.5) is 0 Å². The lowest BCUT2D eigenvalue weighted by Gasteiger charge is -2.15. The number of amides is 1. The molecular weight excluding hydrogens is 456 g/mol. The maximum absolute atomic E-state index is 12.2. The third-order valence-electron chi connectivity index (χ3n) is 2.60. The third-order valence-corrected chi connectivity index (χ3v) is 4.19. The molecule has 2 aromatic heterocycles. The van der Waals surface area contributed by atoms with Gasteiger partial charge in [0, 0.05) is 16.9 Å². The van der Waals surface area contributed by atoms with E-state index in [9.17, 15) is 4.79 Å². The number of hydrogen-bond acceptors (Lipinski definition) is 3. The molecule has 0 saturated carbocycles. The molecule has 0 aliphatic heterocycles. The van der Waals surface area contributed by atoms with Gasteiger partial charge in [-0.25, -0.2) is 4.98 Å².